The highest BCUT2D eigenvalue weighted by molar-refractivity contribution is 7.18. The molecule has 0 N–H and O–H groups in total. The number of hydrogen-bond acceptors (Lipinski definition) is 4. The topological polar surface area (TPSA) is 49.6 Å². The van der Waals surface area contributed by atoms with Crippen LogP contribution < -0.4 is 0 Å². The molecule has 0 aliphatic heterocycles. The van der Waals surface area contributed by atoms with Gasteiger partial charge in [-0.25, -0.2) is 4.98 Å². The molecule has 0 aliphatic carbocycles. The molecule has 3 rings (SSSR count). The van der Waals surface area contributed by atoms with Crippen molar-refractivity contribution in [2.75, 3.05) is 0 Å². The molecule has 3 aromatic rings. The van der Waals surface area contributed by atoms with Crippen LogP contribution in [-0.4, -0.2) is 9.97 Å². The summed E-state index contributed by atoms with van der Waals surface area (Å²) in [5, 5.41) is 10.4. The first kappa shape index (κ1) is 12.8. The van der Waals surface area contributed by atoms with Gasteiger partial charge in [0, 0.05) is 11.3 Å². The maximum atomic E-state index is 9.37. The van der Waals surface area contributed by atoms with Crippen molar-refractivity contribution in [2.24, 2.45) is 0 Å². The molecule has 1 aromatic carbocycles. The number of rotatable bonds is 1. The Balaban J connectivity index is 2.27. The minimum atomic E-state index is 0.641. The van der Waals surface area contributed by atoms with E-state index in [1.165, 1.54) is 0 Å². The first-order chi connectivity index (χ1) is 9.58. The molecule has 2 aromatic heterocycles. The summed E-state index contributed by atoms with van der Waals surface area (Å²) in [4.78, 5) is 9.05. The number of pyridine rings is 1. The largest absolute Gasteiger partial charge is 0.252 e. The molecule has 0 radical (unpaired) electrons. The second kappa shape index (κ2) is 4.69. The average molecular weight is 279 g/mol. The summed E-state index contributed by atoms with van der Waals surface area (Å²) in [6.07, 6.45) is 0. The number of nitriles is 1. The van der Waals surface area contributed by atoms with Crippen LogP contribution in [0.25, 0.3) is 21.5 Å². The normalized spacial score (nSPS) is 10.7. The first-order valence-electron chi connectivity index (χ1n) is 6.34. The third-order valence-corrected chi connectivity index (χ3v) is 4.18. The van der Waals surface area contributed by atoms with Crippen LogP contribution in [0, 0.1) is 32.1 Å². The van der Waals surface area contributed by atoms with E-state index < -0.39 is 0 Å². The Bertz CT molecular complexity index is 856. The average Bonchev–Trinajstić information content (AvgIpc) is 2.76. The summed E-state index contributed by atoms with van der Waals surface area (Å²) >= 11 is 1.68. The number of aromatic nitrogens is 2. The second-order valence-electron chi connectivity index (χ2n) is 4.83. The standard InChI is InChI=1S/C16H13N3S/c1-9-6-10(2)18-16(13(9)8-17)12-4-5-15-14(7-12)19-11(3)20-15/h4-7H,1-3H3. The zero-order chi connectivity index (χ0) is 14.3. The van der Waals surface area contributed by atoms with Gasteiger partial charge in [0.2, 0.25) is 0 Å². The van der Waals surface area contributed by atoms with Gasteiger partial charge in [0.25, 0.3) is 0 Å². The molecular formula is C16H13N3S. The molecule has 0 amide bonds. The van der Waals surface area contributed by atoms with Crippen LogP contribution in [0.4, 0.5) is 0 Å². The quantitative estimate of drug-likeness (QED) is 0.672. The molecule has 2 heterocycles. The zero-order valence-electron chi connectivity index (χ0n) is 11.6. The Labute approximate surface area is 121 Å². The van der Waals surface area contributed by atoms with Gasteiger partial charge in [-0.1, -0.05) is 6.07 Å². The van der Waals surface area contributed by atoms with Crippen molar-refractivity contribution in [1.82, 2.24) is 9.97 Å². The number of benzene rings is 1. The first-order valence-corrected chi connectivity index (χ1v) is 7.16. The minimum absolute atomic E-state index is 0.641. The van der Waals surface area contributed by atoms with Crippen molar-refractivity contribution < 1.29 is 0 Å². The summed E-state index contributed by atoms with van der Waals surface area (Å²) in [7, 11) is 0. The predicted molar refractivity (Wildman–Crippen MR) is 81.8 cm³/mol. The molecule has 0 spiro atoms. The Morgan fingerprint density at radius 2 is 1.90 bits per heavy atom. The number of fused-ring (bicyclic) bond motifs is 1. The van der Waals surface area contributed by atoms with Crippen molar-refractivity contribution in [1.29, 1.82) is 5.26 Å². The Morgan fingerprint density at radius 1 is 1.10 bits per heavy atom. The summed E-state index contributed by atoms with van der Waals surface area (Å²) < 4.78 is 1.16. The van der Waals surface area contributed by atoms with Gasteiger partial charge in [0.1, 0.15) is 6.07 Å². The van der Waals surface area contributed by atoms with Crippen molar-refractivity contribution in [3.8, 4) is 17.3 Å². The van der Waals surface area contributed by atoms with E-state index >= 15 is 0 Å². The van der Waals surface area contributed by atoms with E-state index in [2.05, 4.69) is 22.1 Å². The fourth-order valence-corrected chi connectivity index (χ4v) is 3.18. The minimum Gasteiger partial charge on any atom is -0.252 e. The highest BCUT2D eigenvalue weighted by Gasteiger charge is 2.12. The fourth-order valence-electron chi connectivity index (χ4n) is 2.38. The maximum Gasteiger partial charge on any atom is 0.102 e. The third-order valence-electron chi connectivity index (χ3n) is 3.22. The van der Waals surface area contributed by atoms with Crippen LogP contribution in [0.5, 0.6) is 0 Å². The van der Waals surface area contributed by atoms with Crippen LogP contribution >= 0.6 is 11.3 Å². The molecule has 3 nitrogen and oxygen atoms in total. The van der Waals surface area contributed by atoms with E-state index in [4.69, 9.17) is 0 Å². The second-order valence-corrected chi connectivity index (χ2v) is 6.07. The molecule has 0 fully saturated rings. The van der Waals surface area contributed by atoms with E-state index in [0.29, 0.717) is 5.56 Å². The van der Waals surface area contributed by atoms with Crippen LogP contribution in [0.3, 0.4) is 0 Å². The maximum absolute atomic E-state index is 9.37. The van der Waals surface area contributed by atoms with Gasteiger partial charge in [-0.15, -0.1) is 11.3 Å². The van der Waals surface area contributed by atoms with Gasteiger partial charge in [-0.2, -0.15) is 5.26 Å². The van der Waals surface area contributed by atoms with Crippen LogP contribution in [-0.2, 0) is 0 Å². The van der Waals surface area contributed by atoms with Crippen LogP contribution in [0.1, 0.15) is 21.8 Å². The Morgan fingerprint density at radius 3 is 2.65 bits per heavy atom. The van der Waals surface area contributed by atoms with Crippen LogP contribution in [0.2, 0.25) is 0 Å². The van der Waals surface area contributed by atoms with Crippen molar-refractivity contribution >= 4 is 21.6 Å². The molecule has 98 valence electrons. The van der Waals surface area contributed by atoms with E-state index in [0.717, 1.165) is 37.7 Å². The molecule has 20 heavy (non-hydrogen) atoms. The Kier molecular flexibility index (Phi) is 3.00. The Hall–Kier alpha value is -2.25. The molecule has 0 atom stereocenters. The monoisotopic (exact) mass is 279 g/mol. The molecule has 0 bridgehead atoms. The van der Waals surface area contributed by atoms with Crippen molar-refractivity contribution in [2.45, 2.75) is 20.8 Å². The SMILES string of the molecule is Cc1cc(C)c(C#N)c(-c2ccc3sc(C)nc3c2)n1. The van der Waals surface area contributed by atoms with Gasteiger partial charge in [-0.05, 0) is 44.5 Å². The molecule has 0 unspecified atom stereocenters. The van der Waals surface area contributed by atoms with Crippen LogP contribution in [0.15, 0.2) is 24.3 Å². The third kappa shape index (κ3) is 2.06. The molecule has 0 aliphatic rings. The van der Waals surface area contributed by atoms with Crippen molar-refractivity contribution in [3.05, 3.63) is 46.1 Å². The van der Waals surface area contributed by atoms with E-state index in [-0.39, 0.29) is 0 Å². The fraction of sp³-hybridized carbons (Fsp3) is 0.188. The van der Waals surface area contributed by atoms with E-state index in [9.17, 15) is 5.26 Å². The lowest BCUT2D eigenvalue weighted by atomic mass is 10.0. The lowest BCUT2D eigenvalue weighted by Gasteiger charge is -2.07. The van der Waals surface area contributed by atoms with Gasteiger partial charge >= 0.3 is 0 Å². The van der Waals surface area contributed by atoms with Gasteiger partial charge in [-0.3, -0.25) is 4.98 Å². The van der Waals surface area contributed by atoms with Gasteiger partial charge in [0.15, 0.2) is 0 Å². The summed E-state index contributed by atoms with van der Waals surface area (Å²) in [6.45, 7) is 5.89. The highest BCUT2D eigenvalue weighted by Crippen LogP contribution is 2.29. The zero-order valence-corrected chi connectivity index (χ0v) is 12.4. The van der Waals surface area contributed by atoms with E-state index in [1.807, 2.05) is 39.0 Å². The van der Waals surface area contributed by atoms with Crippen molar-refractivity contribution in [3.63, 3.8) is 0 Å². The number of hydrogen-bond donors (Lipinski definition) is 0. The summed E-state index contributed by atoms with van der Waals surface area (Å²) in [5.41, 5.74) is 5.19. The highest BCUT2D eigenvalue weighted by atomic mass is 32.1. The van der Waals surface area contributed by atoms with Gasteiger partial charge < -0.3 is 0 Å². The summed E-state index contributed by atoms with van der Waals surface area (Å²) in [6, 6.07) is 10.3. The lowest BCUT2D eigenvalue weighted by molar-refractivity contribution is 1.17. The molecule has 4 heteroatoms. The lowest BCUT2D eigenvalue weighted by Crippen LogP contribution is -1.95. The predicted octanol–water partition coefficient (Wildman–Crippen LogP) is 4.16. The smallest absolute Gasteiger partial charge is 0.102 e. The molecule has 0 saturated heterocycles. The molecular weight excluding hydrogens is 266 g/mol. The number of aryl methyl sites for hydroxylation is 3. The summed E-state index contributed by atoms with van der Waals surface area (Å²) in [5.74, 6) is 0. The van der Waals surface area contributed by atoms with E-state index in [1.54, 1.807) is 11.3 Å². The number of nitrogens with zero attached hydrogens (tertiary/aromatic N) is 3. The van der Waals surface area contributed by atoms with Gasteiger partial charge in [0.05, 0.1) is 26.5 Å². The molecule has 0 saturated carbocycles. The number of thiazole rings is 1.